The number of nitrogens with zero attached hydrogens (tertiary/aromatic N) is 2. The Balaban J connectivity index is 2.16. The van der Waals surface area contributed by atoms with E-state index in [1.54, 1.807) is 42.5 Å². The number of anilines is 1. The molecule has 0 amide bonds. The van der Waals surface area contributed by atoms with Crippen LogP contribution < -0.4 is 4.31 Å². The Bertz CT molecular complexity index is 805. The summed E-state index contributed by atoms with van der Waals surface area (Å²) in [6.07, 6.45) is 1.36. The first-order chi connectivity index (χ1) is 10.6. The molecule has 0 spiro atoms. The lowest BCUT2D eigenvalue weighted by atomic mass is 10.1. The van der Waals surface area contributed by atoms with E-state index in [-0.39, 0.29) is 11.4 Å². The molecule has 1 aliphatic rings. The number of aromatic nitrogens is 1. The van der Waals surface area contributed by atoms with Crippen molar-refractivity contribution < 1.29 is 17.9 Å². The van der Waals surface area contributed by atoms with Gasteiger partial charge in [-0.05, 0) is 18.2 Å². The van der Waals surface area contributed by atoms with Gasteiger partial charge < -0.3 is 4.74 Å². The summed E-state index contributed by atoms with van der Waals surface area (Å²) < 4.78 is 31.5. The van der Waals surface area contributed by atoms with E-state index >= 15 is 0 Å². The molecule has 22 heavy (non-hydrogen) atoms. The molecular formula is C15H14N2O4S. The van der Waals surface area contributed by atoms with Gasteiger partial charge in [0.1, 0.15) is 0 Å². The van der Waals surface area contributed by atoms with Crippen molar-refractivity contribution in [1.29, 1.82) is 0 Å². The van der Waals surface area contributed by atoms with Gasteiger partial charge in [0.2, 0.25) is 0 Å². The van der Waals surface area contributed by atoms with Crippen molar-refractivity contribution in [3.63, 3.8) is 0 Å². The predicted molar refractivity (Wildman–Crippen MR) is 79.7 cm³/mol. The van der Waals surface area contributed by atoms with E-state index in [1.807, 2.05) is 0 Å². The van der Waals surface area contributed by atoms with Crippen molar-refractivity contribution in [1.82, 2.24) is 4.98 Å². The summed E-state index contributed by atoms with van der Waals surface area (Å²) in [7, 11) is -2.51. The van der Waals surface area contributed by atoms with Crippen LogP contribution in [0.15, 0.2) is 53.7 Å². The molecule has 1 unspecified atom stereocenters. The first-order valence-corrected chi connectivity index (χ1v) is 8.11. The maximum atomic E-state index is 12.8. The van der Waals surface area contributed by atoms with Crippen molar-refractivity contribution in [2.45, 2.75) is 17.5 Å². The van der Waals surface area contributed by atoms with Crippen LogP contribution in [0.4, 0.5) is 5.69 Å². The number of hydrogen-bond acceptors (Lipinski definition) is 5. The van der Waals surface area contributed by atoms with Crippen molar-refractivity contribution in [3.8, 4) is 0 Å². The molecule has 0 aliphatic carbocycles. The second kappa shape index (κ2) is 5.42. The van der Waals surface area contributed by atoms with Gasteiger partial charge in [0.05, 0.1) is 25.3 Å². The van der Waals surface area contributed by atoms with Gasteiger partial charge >= 0.3 is 5.97 Å². The third kappa shape index (κ3) is 2.23. The maximum Gasteiger partial charge on any atom is 0.307 e. The number of carbonyl (C=O) groups excluding carboxylic acids is 1. The number of sulfonamides is 1. The number of benzene rings is 1. The van der Waals surface area contributed by atoms with Crippen molar-refractivity contribution in [3.05, 3.63) is 54.2 Å². The van der Waals surface area contributed by atoms with Crippen LogP contribution >= 0.6 is 0 Å². The van der Waals surface area contributed by atoms with E-state index < -0.39 is 22.0 Å². The Hall–Kier alpha value is -2.41. The van der Waals surface area contributed by atoms with Crippen molar-refractivity contribution in [2.24, 2.45) is 0 Å². The molecule has 1 aliphatic heterocycles. The lowest BCUT2D eigenvalue weighted by molar-refractivity contribution is -0.141. The molecule has 0 N–H and O–H groups in total. The minimum atomic E-state index is -3.79. The molecule has 2 heterocycles. The maximum absolute atomic E-state index is 12.8. The monoisotopic (exact) mass is 318 g/mol. The van der Waals surface area contributed by atoms with Crippen LogP contribution in [0.2, 0.25) is 0 Å². The number of pyridine rings is 1. The summed E-state index contributed by atoms with van der Waals surface area (Å²) >= 11 is 0. The van der Waals surface area contributed by atoms with Crippen molar-refractivity contribution in [2.75, 3.05) is 11.4 Å². The van der Waals surface area contributed by atoms with E-state index in [1.165, 1.54) is 17.6 Å². The molecule has 2 aromatic rings. The van der Waals surface area contributed by atoms with E-state index in [0.717, 1.165) is 0 Å². The minimum absolute atomic E-state index is 0.00671. The zero-order chi connectivity index (χ0) is 15.7. The minimum Gasteiger partial charge on any atom is -0.469 e. The van der Waals surface area contributed by atoms with Gasteiger partial charge in [0.25, 0.3) is 10.0 Å². The van der Waals surface area contributed by atoms with Gasteiger partial charge in [-0.25, -0.2) is 4.98 Å². The number of fused-ring (bicyclic) bond motifs is 1. The van der Waals surface area contributed by atoms with Crippen LogP contribution in [0.5, 0.6) is 0 Å². The topological polar surface area (TPSA) is 76.6 Å². The van der Waals surface area contributed by atoms with Gasteiger partial charge in [-0.3, -0.25) is 9.10 Å². The highest BCUT2D eigenvalue weighted by Crippen LogP contribution is 2.43. The lowest BCUT2D eigenvalue weighted by Gasteiger charge is -2.24. The predicted octanol–water partition coefficient (Wildman–Crippen LogP) is 1.89. The Morgan fingerprint density at radius 3 is 2.64 bits per heavy atom. The standard InChI is InChI=1S/C15H14N2O4S/c1-21-14(18)10-13-12-8-5-9-16-15(12)22(19,20)17(13)11-6-3-2-4-7-11/h2-9,13H,10H2,1H3. The second-order valence-corrected chi connectivity index (χ2v) is 6.56. The number of rotatable bonds is 3. The van der Waals surface area contributed by atoms with Gasteiger partial charge in [0.15, 0.2) is 5.03 Å². The number of hydrogen-bond donors (Lipinski definition) is 0. The fourth-order valence-electron chi connectivity index (χ4n) is 2.59. The summed E-state index contributed by atoms with van der Waals surface area (Å²) in [5, 5.41) is -0.00671. The molecule has 1 aromatic carbocycles. The fourth-order valence-corrected chi connectivity index (χ4v) is 4.39. The second-order valence-electron chi connectivity index (χ2n) is 4.83. The fraction of sp³-hybridized carbons (Fsp3) is 0.200. The van der Waals surface area contributed by atoms with Gasteiger partial charge in [-0.1, -0.05) is 24.3 Å². The number of esters is 1. The molecule has 0 fully saturated rings. The molecular weight excluding hydrogens is 304 g/mol. The van der Waals surface area contributed by atoms with E-state index in [2.05, 4.69) is 4.98 Å². The Kier molecular flexibility index (Phi) is 3.58. The third-order valence-corrected chi connectivity index (χ3v) is 5.36. The Morgan fingerprint density at radius 1 is 1.23 bits per heavy atom. The van der Waals surface area contributed by atoms with Crippen LogP contribution in [-0.2, 0) is 19.6 Å². The van der Waals surface area contributed by atoms with Crippen LogP contribution in [0.25, 0.3) is 0 Å². The largest absolute Gasteiger partial charge is 0.469 e. The molecule has 0 radical (unpaired) electrons. The number of para-hydroxylation sites is 1. The van der Waals surface area contributed by atoms with Gasteiger partial charge in [-0.2, -0.15) is 8.42 Å². The Morgan fingerprint density at radius 2 is 1.95 bits per heavy atom. The quantitative estimate of drug-likeness (QED) is 0.808. The molecule has 0 bridgehead atoms. The molecule has 114 valence electrons. The number of methoxy groups -OCH3 is 1. The molecule has 3 rings (SSSR count). The normalized spacial score (nSPS) is 18.8. The summed E-state index contributed by atoms with van der Waals surface area (Å²) in [6, 6.07) is 11.4. The summed E-state index contributed by atoms with van der Waals surface area (Å²) in [6.45, 7) is 0. The average Bonchev–Trinajstić information content (AvgIpc) is 2.76. The van der Waals surface area contributed by atoms with Gasteiger partial charge in [-0.15, -0.1) is 0 Å². The summed E-state index contributed by atoms with van der Waals surface area (Å²) in [5.74, 6) is -0.474. The van der Waals surface area contributed by atoms with Crippen LogP contribution in [-0.4, -0.2) is 26.5 Å². The smallest absolute Gasteiger partial charge is 0.307 e. The van der Waals surface area contributed by atoms with E-state index in [4.69, 9.17) is 4.74 Å². The van der Waals surface area contributed by atoms with Crippen LogP contribution in [0, 0.1) is 0 Å². The Labute approximate surface area is 128 Å². The van der Waals surface area contributed by atoms with Crippen molar-refractivity contribution >= 4 is 21.7 Å². The van der Waals surface area contributed by atoms with E-state index in [9.17, 15) is 13.2 Å². The molecule has 0 saturated carbocycles. The SMILES string of the molecule is COC(=O)CC1c2cccnc2S(=O)(=O)N1c1ccccc1. The van der Waals surface area contributed by atoms with Gasteiger partial charge in [0, 0.05) is 11.8 Å². The average molecular weight is 318 g/mol. The molecule has 0 saturated heterocycles. The zero-order valence-corrected chi connectivity index (χ0v) is 12.7. The first-order valence-electron chi connectivity index (χ1n) is 6.67. The number of carbonyl (C=O) groups is 1. The highest BCUT2D eigenvalue weighted by Gasteiger charge is 2.44. The highest BCUT2D eigenvalue weighted by molar-refractivity contribution is 7.93. The zero-order valence-electron chi connectivity index (χ0n) is 11.8. The summed E-state index contributed by atoms with van der Waals surface area (Å²) in [4.78, 5) is 15.7. The lowest BCUT2D eigenvalue weighted by Crippen LogP contribution is -2.29. The summed E-state index contributed by atoms with van der Waals surface area (Å²) in [5.41, 5.74) is 1.01. The van der Waals surface area contributed by atoms with Crippen LogP contribution in [0.3, 0.4) is 0 Å². The molecule has 7 heteroatoms. The third-order valence-electron chi connectivity index (χ3n) is 3.54. The first kappa shape index (κ1) is 14.5. The molecule has 1 aromatic heterocycles. The molecule has 6 nitrogen and oxygen atoms in total. The van der Waals surface area contributed by atoms with Crippen LogP contribution in [0.1, 0.15) is 18.0 Å². The number of ether oxygens (including phenoxy) is 1. The molecule has 1 atom stereocenters. The van der Waals surface area contributed by atoms with E-state index in [0.29, 0.717) is 11.3 Å². The highest BCUT2D eigenvalue weighted by atomic mass is 32.2.